The maximum Gasteiger partial charge on any atom is 0.265 e. The highest BCUT2D eigenvalue weighted by atomic mass is 35.5. The van der Waals surface area contributed by atoms with Gasteiger partial charge in [-0.25, -0.2) is 0 Å². The zero-order valence-electron chi connectivity index (χ0n) is 20.1. The molecule has 1 N–H and O–H groups in total. The summed E-state index contributed by atoms with van der Waals surface area (Å²) in [5, 5.41) is 13.5. The lowest BCUT2D eigenvalue weighted by Gasteiger charge is -2.20. The smallest absolute Gasteiger partial charge is 0.265 e. The predicted molar refractivity (Wildman–Crippen MR) is 145 cm³/mol. The van der Waals surface area contributed by atoms with Crippen LogP contribution in [-0.4, -0.2) is 17.1 Å². The molecule has 0 radical (unpaired) electrons. The average molecular weight is 516 g/mol. The largest absolute Gasteiger partial charge is 0.345 e. The number of anilines is 1. The van der Waals surface area contributed by atoms with Crippen molar-refractivity contribution in [1.29, 1.82) is 5.26 Å². The van der Waals surface area contributed by atoms with Crippen molar-refractivity contribution in [2.75, 3.05) is 4.90 Å². The van der Waals surface area contributed by atoms with Gasteiger partial charge in [0, 0.05) is 10.7 Å². The van der Waals surface area contributed by atoms with Crippen molar-refractivity contribution in [2.24, 2.45) is 0 Å². The van der Waals surface area contributed by atoms with E-state index in [0.717, 1.165) is 23.1 Å². The van der Waals surface area contributed by atoms with Crippen LogP contribution in [0.1, 0.15) is 36.6 Å². The summed E-state index contributed by atoms with van der Waals surface area (Å²) in [4.78, 5) is 28.4. The SMILES string of the molecule is CCc1ccc(N2C(=O)C(Cc3ccc(Cl)cc3)S/C2=C(/C#N)C(=O)NC(C)c2ccccc2)cc1. The van der Waals surface area contributed by atoms with E-state index in [1.807, 2.05) is 73.7 Å². The summed E-state index contributed by atoms with van der Waals surface area (Å²) in [6.45, 7) is 3.93. The number of hydrogen-bond donors (Lipinski definition) is 1. The van der Waals surface area contributed by atoms with E-state index in [0.29, 0.717) is 22.2 Å². The molecule has 182 valence electrons. The quantitative estimate of drug-likeness (QED) is 0.300. The van der Waals surface area contributed by atoms with Gasteiger partial charge in [0.05, 0.1) is 11.3 Å². The van der Waals surface area contributed by atoms with Gasteiger partial charge >= 0.3 is 0 Å². The third kappa shape index (κ3) is 5.64. The minimum Gasteiger partial charge on any atom is -0.345 e. The lowest BCUT2D eigenvalue weighted by molar-refractivity contribution is -0.117. The van der Waals surface area contributed by atoms with Gasteiger partial charge in [-0.1, -0.05) is 84.9 Å². The monoisotopic (exact) mass is 515 g/mol. The second kappa shape index (κ2) is 11.5. The first kappa shape index (κ1) is 25.6. The van der Waals surface area contributed by atoms with Gasteiger partial charge in [0.1, 0.15) is 16.7 Å². The van der Waals surface area contributed by atoms with Crippen molar-refractivity contribution in [3.05, 3.63) is 111 Å². The van der Waals surface area contributed by atoms with E-state index < -0.39 is 11.2 Å². The van der Waals surface area contributed by atoms with Crippen LogP contribution in [0.4, 0.5) is 5.69 Å². The fourth-order valence-electron chi connectivity index (χ4n) is 4.03. The van der Waals surface area contributed by atoms with Crippen molar-refractivity contribution >= 4 is 40.9 Å². The summed E-state index contributed by atoms with van der Waals surface area (Å²) >= 11 is 7.27. The fraction of sp³-hybridized carbons (Fsp3) is 0.207. The van der Waals surface area contributed by atoms with E-state index in [1.54, 1.807) is 12.1 Å². The molecule has 1 aliphatic heterocycles. The first-order chi connectivity index (χ1) is 17.4. The number of carbonyl (C=O) groups is 2. The van der Waals surface area contributed by atoms with E-state index in [-0.39, 0.29) is 17.5 Å². The van der Waals surface area contributed by atoms with Gasteiger partial charge in [-0.15, -0.1) is 0 Å². The fourth-order valence-corrected chi connectivity index (χ4v) is 5.47. The molecule has 3 aromatic carbocycles. The standard InChI is InChI=1S/C29H26ClN3O2S/c1-3-20-11-15-24(16-12-20)33-28(35)26(17-21-9-13-23(30)14-10-21)36-29(33)25(18-31)27(34)32-19(2)22-7-5-4-6-8-22/h4-16,19,26H,3,17H2,1-2H3,(H,32,34)/b29-25-. The highest BCUT2D eigenvalue weighted by molar-refractivity contribution is 8.05. The second-order valence-corrected chi connectivity index (χ2v) is 10.2. The minimum atomic E-state index is -0.508. The summed E-state index contributed by atoms with van der Waals surface area (Å²) < 4.78 is 0. The van der Waals surface area contributed by atoms with E-state index in [2.05, 4.69) is 18.3 Å². The van der Waals surface area contributed by atoms with Crippen molar-refractivity contribution in [2.45, 2.75) is 38.0 Å². The molecule has 0 aliphatic carbocycles. The van der Waals surface area contributed by atoms with Gasteiger partial charge in [0.25, 0.3) is 5.91 Å². The van der Waals surface area contributed by atoms with E-state index in [9.17, 15) is 14.9 Å². The van der Waals surface area contributed by atoms with Crippen molar-refractivity contribution in [3.8, 4) is 6.07 Å². The maximum absolute atomic E-state index is 13.6. The summed E-state index contributed by atoms with van der Waals surface area (Å²) in [5.74, 6) is -0.669. The van der Waals surface area contributed by atoms with Crippen LogP contribution in [-0.2, 0) is 22.4 Å². The minimum absolute atomic E-state index is 0.0747. The molecule has 0 spiro atoms. The Morgan fingerprint density at radius 3 is 2.31 bits per heavy atom. The van der Waals surface area contributed by atoms with Crippen molar-refractivity contribution in [3.63, 3.8) is 0 Å². The molecule has 1 aliphatic rings. The van der Waals surface area contributed by atoms with Crippen LogP contribution >= 0.6 is 23.4 Å². The Labute approximate surface area is 220 Å². The number of carbonyl (C=O) groups excluding carboxylic acids is 2. The first-order valence-electron chi connectivity index (χ1n) is 11.8. The highest BCUT2D eigenvalue weighted by Crippen LogP contribution is 2.42. The number of thioether (sulfide) groups is 1. The normalized spacial score (nSPS) is 17.4. The third-order valence-corrected chi connectivity index (χ3v) is 7.60. The van der Waals surface area contributed by atoms with Crippen molar-refractivity contribution in [1.82, 2.24) is 5.32 Å². The maximum atomic E-state index is 13.6. The van der Waals surface area contributed by atoms with Crippen LogP contribution in [0.2, 0.25) is 5.02 Å². The Morgan fingerprint density at radius 2 is 1.69 bits per heavy atom. The second-order valence-electron chi connectivity index (χ2n) is 8.53. The molecule has 0 aromatic heterocycles. The molecule has 7 heteroatoms. The zero-order chi connectivity index (χ0) is 25.7. The van der Waals surface area contributed by atoms with Gasteiger partial charge < -0.3 is 5.32 Å². The van der Waals surface area contributed by atoms with Gasteiger partial charge in [-0.05, 0) is 60.7 Å². The molecular weight excluding hydrogens is 490 g/mol. The van der Waals surface area contributed by atoms with E-state index in [4.69, 9.17) is 11.6 Å². The van der Waals surface area contributed by atoms with Crippen LogP contribution < -0.4 is 10.2 Å². The Morgan fingerprint density at radius 1 is 1.06 bits per heavy atom. The number of nitrogens with zero attached hydrogens (tertiary/aromatic N) is 2. The summed E-state index contributed by atoms with van der Waals surface area (Å²) in [7, 11) is 0. The summed E-state index contributed by atoms with van der Waals surface area (Å²) in [5.41, 5.74) is 3.57. The number of amides is 2. The molecule has 0 bridgehead atoms. The average Bonchev–Trinajstić information content (AvgIpc) is 3.21. The molecule has 3 aromatic rings. The van der Waals surface area contributed by atoms with Crippen LogP contribution in [0.5, 0.6) is 0 Å². The zero-order valence-corrected chi connectivity index (χ0v) is 21.6. The number of nitriles is 1. The molecule has 1 saturated heterocycles. The van der Waals surface area contributed by atoms with Crippen LogP contribution in [0.3, 0.4) is 0 Å². The van der Waals surface area contributed by atoms with Crippen LogP contribution in [0.25, 0.3) is 0 Å². The highest BCUT2D eigenvalue weighted by Gasteiger charge is 2.41. The lowest BCUT2D eigenvalue weighted by atomic mass is 10.1. The van der Waals surface area contributed by atoms with Gasteiger partial charge in [-0.3, -0.25) is 14.5 Å². The van der Waals surface area contributed by atoms with Crippen LogP contribution in [0.15, 0.2) is 89.5 Å². The third-order valence-electron chi connectivity index (χ3n) is 6.09. The molecule has 2 amide bonds. The summed E-state index contributed by atoms with van der Waals surface area (Å²) in [6, 6.07) is 26.3. The molecule has 5 nitrogen and oxygen atoms in total. The number of halogens is 1. The Hall–Kier alpha value is -3.53. The summed E-state index contributed by atoms with van der Waals surface area (Å²) in [6.07, 6.45) is 1.32. The molecule has 2 unspecified atom stereocenters. The van der Waals surface area contributed by atoms with Gasteiger partial charge in [0.15, 0.2) is 0 Å². The van der Waals surface area contributed by atoms with Gasteiger partial charge in [0.2, 0.25) is 5.91 Å². The molecule has 2 atom stereocenters. The Kier molecular flexibility index (Phi) is 8.14. The molecular formula is C29H26ClN3O2S. The van der Waals surface area contributed by atoms with Crippen LogP contribution in [0, 0.1) is 11.3 Å². The topological polar surface area (TPSA) is 73.2 Å². The molecule has 36 heavy (non-hydrogen) atoms. The number of aryl methyl sites for hydroxylation is 1. The molecule has 1 fully saturated rings. The predicted octanol–water partition coefficient (Wildman–Crippen LogP) is 6.21. The molecule has 4 rings (SSSR count). The number of hydrogen-bond acceptors (Lipinski definition) is 4. The lowest BCUT2D eigenvalue weighted by Crippen LogP contribution is -2.32. The number of benzene rings is 3. The molecule has 1 heterocycles. The Balaban J connectivity index is 1.69. The Bertz CT molecular complexity index is 1320. The molecule has 0 saturated carbocycles. The first-order valence-corrected chi connectivity index (χ1v) is 13.0. The van der Waals surface area contributed by atoms with Gasteiger partial charge in [-0.2, -0.15) is 5.26 Å². The number of rotatable bonds is 7. The van der Waals surface area contributed by atoms with E-state index in [1.165, 1.54) is 16.7 Å². The number of nitrogens with one attached hydrogen (secondary N) is 1. The van der Waals surface area contributed by atoms with Crippen molar-refractivity contribution < 1.29 is 9.59 Å². The van der Waals surface area contributed by atoms with E-state index >= 15 is 0 Å².